The summed E-state index contributed by atoms with van der Waals surface area (Å²) in [5.74, 6) is 0.437. The zero-order valence-electron chi connectivity index (χ0n) is 17.9. The van der Waals surface area contributed by atoms with Crippen molar-refractivity contribution in [3.05, 3.63) is 106 Å². The van der Waals surface area contributed by atoms with Gasteiger partial charge in [0, 0.05) is 18.7 Å². The minimum atomic E-state index is -0.0931. The molecule has 0 bridgehead atoms. The van der Waals surface area contributed by atoms with Crippen molar-refractivity contribution in [2.24, 2.45) is 0 Å². The quantitative estimate of drug-likeness (QED) is 0.445. The molecule has 0 aliphatic carbocycles. The molecular formula is C27H23N3O2. The van der Waals surface area contributed by atoms with Crippen molar-refractivity contribution in [3.63, 3.8) is 0 Å². The fourth-order valence-corrected chi connectivity index (χ4v) is 4.29. The second kappa shape index (κ2) is 8.27. The molecule has 5 nitrogen and oxygen atoms in total. The van der Waals surface area contributed by atoms with Crippen LogP contribution in [0.5, 0.6) is 0 Å². The third kappa shape index (κ3) is 3.42. The van der Waals surface area contributed by atoms with Gasteiger partial charge >= 0.3 is 0 Å². The maximum absolute atomic E-state index is 13.4. The van der Waals surface area contributed by atoms with Crippen molar-refractivity contribution >= 4 is 34.1 Å². The molecule has 0 atom stereocenters. The minimum Gasteiger partial charge on any atom is -0.308 e. The molecule has 0 saturated carbocycles. The smallest absolute Gasteiger partial charge is 0.261 e. The maximum Gasteiger partial charge on any atom is 0.261 e. The Morgan fingerprint density at radius 1 is 0.875 bits per heavy atom. The van der Waals surface area contributed by atoms with Crippen LogP contribution in [-0.2, 0) is 17.8 Å². The highest BCUT2D eigenvalue weighted by molar-refractivity contribution is 6.35. The second-order valence-electron chi connectivity index (χ2n) is 7.80. The van der Waals surface area contributed by atoms with Crippen molar-refractivity contribution in [2.75, 3.05) is 11.4 Å². The van der Waals surface area contributed by atoms with Crippen LogP contribution in [-0.4, -0.2) is 22.0 Å². The van der Waals surface area contributed by atoms with Crippen LogP contribution < -0.4 is 10.5 Å². The summed E-state index contributed by atoms with van der Waals surface area (Å²) in [5, 5.41) is 0.580. The van der Waals surface area contributed by atoms with Crippen molar-refractivity contribution < 1.29 is 4.79 Å². The highest BCUT2D eigenvalue weighted by Gasteiger charge is 2.31. The van der Waals surface area contributed by atoms with Gasteiger partial charge in [-0.15, -0.1) is 0 Å². The predicted octanol–water partition coefficient (Wildman–Crippen LogP) is 4.55. The number of carbonyl (C=O) groups is 1. The van der Waals surface area contributed by atoms with Gasteiger partial charge in [0.15, 0.2) is 0 Å². The summed E-state index contributed by atoms with van der Waals surface area (Å²) < 4.78 is 1.69. The number of rotatable bonds is 5. The lowest BCUT2D eigenvalue weighted by Gasteiger charge is -2.14. The van der Waals surface area contributed by atoms with Crippen molar-refractivity contribution in [1.29, 1.82) is 0 Å². The summed E-state index contributed by atoms with van der Waals surface area (Å²) in [7, 11) is 0. The highest BCUT2D eigenvalue weighted by Crippen LogP contribution is 2.37. The number of anilines is 1. The monoisotopic (exact) mass is 421 g/mol. The zero-order valence-corrected chi connectivity index (χ0v) is 17.9. The number of hydrogen-bond donors (Lipinski definition) is 0. The fourth-order valence-electron chi connectivity index (χ4n) is 4.29. The molecule has 0 N–H and O–H groups in total. The second-order valence-corrected chi connectivity index (χ2v) is 7.80. The summed E-state index contributed by atoms with van der Waals surface area (Å²) in [6.45, 7) is 3.02. The average molecular weight is 422 g/mol. The van der Waals surface area contributed by atoms with Gasteiger partial charge in [-0.3, -0.25) is 14.2 Å². The van der Waals surface area contributed by atoms with Gasteiger partial charge in [0.25, 0.3) is 11.5 Å². The summed E-state index contributed by atoms with van der Waals surface area (Å²) in [6, 6.07) is 25.2. The zero-order chi connectivity index (χ0) is 22.1. The molecule has 0 saturated heterocycles. The van der Waals surface area contributed by atoms with Gasteiger partial charge in [0.1, 0.15) is 5.82 Å². The first kappa shape index (κ1) is 19.9. The van der Waals surface area contributed by atoms with Crippen LogP contribution in [0.3, 0.4) is 0 Å². The SMILES string of the molecule is CCN1C(=O)/C(=C\c2nc3ccccc3c(=O)n2CCc2ccccc2)c2ccccc21. The van der Waals surface area contributed by atoms with Crippen molar-refractivity contribution in [2.45, 2.75) is 19.9 Å². The van der Waals surface area contributed by atoms with Crippen molar-refractivity contribution in [3.8, 4) is 0 Å². The summed E-state index contributed by atoms with van der Waals surface area (Å²) in [6.07, 6.45) is 2.47. The topological polar surface area (TPSA) is 55.2 Å². The molecule has 1 amide bonds. The Morgan fingerprint density at radius 3 is 2.41 bits per heavy atom. The Balaban J connectivity index is 1.66. The largest absolute Gasteiger partial charge is 0.308 e. The number of hydrogen-bond acceptors (Lipinski definition) is 3. The number of carbonyl (C=O) groups excluding carboxylic acids is 1. The third-order valence-electron chi connectivity index (χ3n) is 5.91. The molecule has 0 unspecified atom stereocenters. The van der Waals surface area contributed by atoms with E-state index in [4.69, 9.17) is 4.98 Å². The van der Waals surface area contributed by atoms with E-state index >= 15 is 0 Å². The van der Waals surface area contributed by atoms with Crippen LogP contribution in [0.4, 0.5) is 5.69 Å². The van der Waals surface area contributed by atoms with Gasteiger partial charge < -0.3 is 4.90 Å². The van der Waals surface area contributed by atoms with Gasteiger partial charge in [-0.1, -0.05) is 60.7 Å². The van der Waals surface area contributed by atoms with Gasteiger partial charge in [0.05, 0.1) is 22.2 Å². The Morgan fingerprint density at radius 2 is 1.59 bits per heavy atom. The predicted molar refractivity (Wildman–Crippen MR) is 128 cm³/mol. The Bertz CT molecular complexity index is 1400. The van der Waals surface area contributed by atoms with E-state index in [1.165, 1.54) is 0 Å². The number of para-hydroxylation sites is 2. The molecule has 3 aromatic carbocycles. The van der Waals surface area contributed by atoms with Crippen LogP contribution in [0.25, 0.3) is 22.6 Å². The summed E-state index contributed by atoms with van der Waals surface area (Å²) >= 11 is 0. The molecule has 4 aromatic rings. The Labute approximate surface area is 186 Å². The van der Waals surface area contributed by atoms with Crippen LogP contribution >= 0.6 is 0 Å². The molecule has 5 heteroatoms. The fraction of sp³-hybridized carbons (Fsp3) is 0.148. The highest BCUT2D eigenvalue weighted by atomic mass is 16.2. The van der Waals surface area contributed by atoms with Crippen LogP contribution in [0.1, 0.15) is 23.9 Å². The first-order valence-corrected chi connectivity index (χ1v) is 10.8. The van der Waals surface area contributed by atoms with Crippen molar-refractivity contribution in [1.82, 2.24) is 9.55 Å². The lowest BCUT2D eigenvalue weighted by atomic mass is 10.1. The molecule has 1 aliphatic heterocycles. The number of fused-ring (bicyclic) bond motifs is 2. The number of nitrogens with zero attached hydrogens (tertiary/aromatic N) is 3. The Hall–Kier alpha value is -3.99. The molecule has 0 fully saturated rings. The van der Waals surface area contributed by atoms with Gasteiger partial charge in [-0.25, -0.2) is 4.98 Å². The maximum atomic E-state index is 13.4. The number of aromatic nitrogens is 2. The molecule has 5 rings (SSSR count). The van der Waals surface area contributed by atoms with E-state index in [1.54, 1.807) is 21.6 Å². The van der Waals surface area contributed by atoms with Crippen LogP contribution in [0.2, 0.25) is 0 Å². The van der Waals surface area contributed by atoms with Gasteiger partial charge in [0.2, 0.25) is 0 Å². The normalized spacial score (nSPS) is 14.3. The number of benzene rings is 3. The molecule has 0 spiro atoms. The standard InChI is InChI=1S/C27H23N3O2/c1-2-29-24-15-9-7-12-20(24)22(27(29)32)18-25-28-23-14-8-6-13-21(23)26(31)30(25)17-16-19-10-4-3-5-11-19/h3-15,18H,2,16-17H2,1H3/b22-18-. The molecule has 0 radical (unpaired) electrons. The molecular weight excluding hydrogens is 398 g/mol. The van der Waals surface area contributed by atoms with E-state index in [-0.39, 0.29) is 11.5 Å². The number of likely N-dealkylation sites (N-methyl/N-ethyl adjacent to an activating group) is 1. The lowest BCUT2D eigenvalue weighted by molar-refractivity contribution is -0.112. The summed E-state index contributed by atoms with van der Waals surface area (Å²) in [5.41, 5.74) is 4.01. The molecule has 1 aliphatic rings. The average Bonchev–Trinajstić information content (AvgIpc) is 3.10. The van der Waals surface area contributed by atoms with Crippen LogP contribution in [0, 0.1) is 0 Å². The van der Waals surface area contributed by atoms with E-state index in [1.807, 2.05) is 79.7 Å². The molecule has 1 aromatic heterocycles. The number of aryl methyl sites for hydroxylation is 1. The molecule has 32 heavy (non-hydrogen) atoms. The number of amides is 1. The van der Waals surface area contributed by atoms with E-state index < -0.39 is 0 Å². The van der Waals surface area contributed by atoms with E-state index in [0.29, 0.717) is 41.8 Å². The van der Waals surface area contributed by atoms with E-state index in [2.05, 4.69) is 0 Å². The summed E-state index contributed by atoms with van der Waals surface area (Å²) in [4.78, 5) is 33.1. The molecule has 2 heterocycles. The first-order valence-electron chi connectivity index (χ1n) is 10.8. The first-order chi connectivity index (χ1) is 15.7. The minimum absolute atomic E-state index is 0.0642. The van der Waals surface area contributed by atoms with E-state index in [0.717, 1.165) is 16.8 Å². The lowest BCUT2D eigenvalue weighted by Crippen LogP contribution is -2.27. The third-order valence-corrected chi connectivity index (χ3v) is 5.91. The van der Waals surface area contributed by atoms with Gasteiger partial charge in [-0.05, 0) is 43.2 Å². The van der Waals surface area contributed by atoms with Crippen LogP contribution in [0.15, 0.2) is 83.7 Å². The molecule has 158 valence electrons. The Kier molecular flexibility index (Phi) is 5.15. The van der Waals surface area contributed by atoms with E-state index in [9.17, 15) is 9.59 Å². The van der Waals surface area contributed by atoms with Gasteiger partial charge in [-0.2, -0.15) is 0 Å².